The Hall–Kier alpha value is -2.89. The Labute approximate surface area is 139 Å². The molecule has 3 aromatic rings. The van der Waals surface area contributed by atoms with E-state index in [1.54, 1.807) is 0 Å². The Morgan fingerprint density at radius 1 is 1.25 bits per heavy atom. The van der Waals surface area contributed by atoms with Crippen LogP contribution in [0.4, 0.5) is 0 Å². The van der Waals surface area contributed by atoms with E-state index < -0.39 is 0 Å². The number of hydrogen-bond acceptors (Lipinski definition) is 4. The predicted molar refractivity (Wildman–Crippen MR) is 90.0 cm³/mol. The highest BCUT2D eigenvalue weighted by molar-refractivity contribution is 5.98. The molecule has 0 aliphatic carbocycles. The normalized spacial score (nSPS) is 17.4. The van der Waals surface area contributed by atoms with Crippen LogP contribution in [0.1, 0.15) is 22.5 Å². The van der Waals surface area contributed by atoms with Gasteiger partial charge in [-0.1, -0.05) is 6.07 Å². The van der Waals surface area contributed by atoms with Gasteiger partial charge in [-0.15, -0.1) is 5.10 Å². The van der Waals surface area contributed by atoms with Crippen molar-refractivity contribution in [2.24, 2.45) is 0 Å². The monoisotopic (exact) mass is 322 g/mol. The number of amides is 1. The first-order valence-electron chi connectivity index (χ1n) is 8.02. The van der Waals surface area contributed by atoms with Crippen LogP contribution in [0.3, 0.4) is 0 Å². The fraction of sp³-hybridized carbons (Fsp3) is 0.278. The van der Waals surface area contributed by atoms with E-state index in [0.29, 0.717) is 24.5 Å². The molecule has 24 heavy (non-hydrogen) atoms. The number of aromatic nitrogens is 3. The second-order valence-corrected chi connectivity index (χ2v) is 6.07. The molecule has 1 fully saturated rings. The van der Waals surface area contributed by atoms with Gasteiger partial charge in [-0.3, -0.25) is 4.79 Å². The average Bonchev–Trinajstić information content (AvgIpc) is 3.24. The first-order chi connectivity index (χ1) is 11.7. The van der Waals surface area contributed by atoms with Crippen molar-refractivity contribution in [2.75, 3.05) is 13.1 Å². The molecule has 1 atom stereocenters. The smallest absolute Gasteiger partial charge is 0.254 e. The van der Waals surface area contributed by atoms with Crippen LogP contribution >= 0.6 is 0 Å². The maximum absolute atomic E-state index is 12.7. The van der Waals surface area contributed by atoms with Crippen molar-refractivity contribution >= 4 is 16.8 Å². The molecule has 1 aliphatic rings. The van der Waals surface area contributed by atoms with Crippen LogP contribution in [0.2, 0.25) is 0 Å². The van der Waals surface area contributed by atoms with Gasteiger partial charge in [-0.05, 0) is 36.6 Å². The third-order valence-corrected chi connectivity index (χ3v) is 4.30. The van der Waals surface area contributed by atoms with E-state index in [1.807, 2.05) is 54.4 Å². The summed E-state index contributed by atoms with van der Waals surface area (Å²) in [5.74, 6) is 0.542. The number of benzene rings is 1. The molecule has 0 bridgehead atoms. The first kappa shape index (κ1) is 14.7. The van der Waals surface area contributed by atoms with E-state index in [-0.39, 0.29) is 12.0 Å². The fourth-order valence-corrected chi connectivity index (χ4v) is 2.99. The molecule has 1 aromatic carbocycles. The van der Waals surface area contributed by atoms with E-state index in [4.69, 9.17) is 4.74 Å². The summed E-state index contributed by atoms with van der Waals surface area (Å²) in [6.45, 7) is 3.14. The maximum atomic E-state index is 12.7. The number of nitrogens with one attached hydrogen (secondary N) is 1. The van der Waals surface area contributed by atoms with Gasteiger partial charge >= 0.3 is 0 Å². The third-order valence-electron chi connectivity index (χ3n) is 4.30. The van der Waals surface area contributed by atoms with Gasteiger partial charge < -0.3 is 14.6 Å². The molecular formula is C18H18N4O2. The van der Waals surface area contributed by atoms with Gasteiger partial charge in [0, 0.05) is 36.3 Å². The Bertz CT molecular complexity index is 872. The molecule has 0 radical (unpaired) electrons. The molecule has 1 amide bonds. The highest BCUT2D eigenvalue weighted by Crippen LogP contribution is 2.20. The number of rotatable bonds is 3. The van der Waals surface area contributed by atoms with Gasteiger partial charge in [0.1, 0.15) is 6.10 Å². The summed E-state index contributed by atoms with van der Waals surface area (Å²) in [6, 6.07) is 11.4. The molecule has 0 spiro atoms. The Kier molecular flexibility index (Phi) is 3.65. The van der Waals surface area contributed by atoms with Crippen LogP contribution in [0.5, 0.6) is 5.88 Å². The number of nitrogens with zero attached hydrogens (tertiary/aromatic N) is 3. The highest BCUT2D eigenvalue weighted by atomic mass is 16.5. The summed E-state index contributed by atoms with van der Waals surface area (Å²) in [5.41, 5.74) is 2.52. The first-order valence-corrected chi connectivity index (χ1v) is 8.02. The molecule has 0 unspecified atom stereocenters. The second kappa shape index (κ2) is 5.96. The number of fused-ring (bicyclic) bond motifs is 1. The molecule has 2 aromatic heterocycles. The number of hydrogen-bond donors (Lipinski definition) is 1. The molecule has 0 saturated carbocycles. The van der Waals surface area contributed by atoms with Crippen molar-refractivity contribution in [3.8, 4) is 5.88 Å². The third kappa shape index (κ3) is 2.82. The number of ether oxygens (including phenoxy) is 1. The van der Waals surface area contributed by atoms with Crippen molar-refractivity contribution in [3.63, 3.8) is 0 Å². The van der Waals surface area contributed by atoms with Crippen LogP contribution in [0.15, 0.2) is 42.6 Å². The van der Waals surface area contributed by atoms with Crippen LogP contribution in [0, 0.1) is 6.92 Å². The summed E-state index contributed by atoms with van der Waals surface area (Å²) in [6.07, 6.45) is 2.63. The number of carbonyl (C=O) groups is 1. The molecule has 3 heterocycles. The molecule has 6 heteroatoms. The summed E-state index contributed by atoms with van der Waals surface area (Å²) in [7, 11) is 0. The summed E-state index contributed by atoms with van der Waals surface area (Å²) >= 11 is 0. The van der Waals surface area contributed by atoms with Crippen molar-refractivity contribution in [1.82, 2.24) is 20.1 Å². The molecular weight excluding hydrogens is 304 g/mol. The standard InChI is InChI=1S/C18H18N4O2/c1-12-2-5-17(21-20-12)24-15-7-9-22(11-15)18(23)14-4-3-13-6-8-19-16(13)10-14/h2-6,8,10,15,19H,7,9,11H2,1H3/t15-/m1/s1. The average molecular weight is 322 g/mol. The second-order valence-electron chi connectivity index (χ2n) is 6.07. The van der Waals surface area contributed by atoms with Gasteiger partial charge in [-0.2, -0.15) is 5.10 Å². The zero-order valence-electron chi connectivity index (χ0n) is 13.4. The van der Waals surface area contributed by atoms with Gasteiger partial charge in [0.05, 0.1) is 12.2 Å². The Morgan fingerprint density at radius 3 is 3.00 bits per heavy atom. The maximum Gasteiger partial charge on any atom is 0.254 e. The van der Waals surface area contributed by atoms with Gasteiger partial charge in [0.25, 0.3) is 5.91 Å². The van der Waals surface area contributed by atoms with Crippen molar-refractivity contribution in [2.45, 2.75) is 19.4 Å². The van der Waals surface area contributed by atoms with E-state index in [9.17, 15) is 4.79 Å². The van der Waals surface area contributed by atoms with E-state index >= 15 is 0 Å². The van der Waals surface area contributed by atoms with Crippen LogP contribution in [-0.4, -0.2) is 45.2 Å². The van der Waals surface area contributed by atoms with Crippen molar-refractivity contribution in [1.29, 1.82) is 0 Å². The molecule has 122 valence electrons. The SMILES string of the molecule is Cc1ccc(O[C@@H]2CCN(C(=O)c3ccc4cc[nH]c4c3)C2)nn1. The summed E-state index contributed by atoms with van der Waals surface area (Å²) in [5, 5.41) is 9.11. The van der Waals surface area contributed by atoms with Crippen molar-refractivity contribution in [3.05, 3.63) is 53.9 Å². The summed E-state index contributed by atoms with van der Waals surface area (Å²) in [4.78, 5) is 17.7. The lowest BCUT2D eigenvalue weighted by molar-refractivity contribution is 0.0771. The number of carbonyl (C=O) groups excluding carboxylic acids is 1. The van der Waals surface area contributed by atoms with Crippen LogP contribution < -0.4 is 4.74 Å². The van der Waals surface area contributed by atoms with E-state index in [2.05, 4.69) is 15.2 Å². The van der Waals surface area contributed by atoms with Crippen LogP contribution in [0.25, 0.3) is 10.9 Å². The molecule has 1 aliphatic heterocycles. The van der Waals surface area contributed by atoms with E-state index in [0.717, 1.165) is 23.0 Å². The van der Waals surface area contributed by atoms with Crippen molar-refractivity contribution < 1.29 is 9.53 Å². The van der Waals surface area contributed by atoms with E-state index in [1.165, 1.54) is 0 Å². The lowest BCUT2D eigenvalue weighted by Gasteiger charge is -2.17. The molecule has 1 N–H and O–H groups in total. The largest absolute Gasteiger partial charge is 0.471 e. The molecule has 4 rings (SSSR count). The quantitative estimate of drug-likeness (QED) is 0.804. The minimum absolute atomic E-state index is 0.0348. The number of aryl methyl sites for hydroxylation is 1. The molecule has 6 nitrogen and oxygen atoms in total. The van der Waals surface area contributed by atoms with Gasteiger partial charge in [0.15, 0.2) is 0 Å². The highest BCUT2D eigenvalue weighted by Gasteiger charge is 2.28. The minimum Gasteiger partial charge on any atom is -0.471 e. The Morgan fingerprint density at radius 2 is 2.17 bits per heavy atom. The zero-order chi connectivity index (χ0) is 16.5. The molecule has 1 saturated heterocycles. The number of aromatic amines is 1. The van der Waals surface area contributed by atoms with Gasteiger partial charge in [-0.25, -0.2) is 0 Å². The summed E-state index contributed by atoms with van der Waals surface area (Å²) < 4.78 is 5.83. The zero-order valence-corrected chi connectivity index (χ0v) is 13.4. The van der Waals surface area contributed by atoms with Crippen LogP contribution in [-0.2, 0) is 0 Å². The number of likely N-dealkylation sites (tertiary alicyclic amines) is 1. The lowest BCUT2D eigenvalue weighted by atomic mass is 10.1. The number of H-pyrrole nitrogens is 1. The fourth-order valence-electron chi connectivity index (χ4n) is 2.99. The lowest BCUT2D eigenvalue weighted by Crippen LogP contribution is -2.31. The minimum atomic E-state index is -0.0415. The Balaban J connectivity index is 1.43. The van der Waals surface area contributed by atoms with Gasteiger partial charge in [0.2, 0.25) is 5.88 Å². The topological polar surface area (TPSA) is 71.1 Å². The predicted octanol–water partition coefficient (Wildman–Crippen LogP) is 2.56.